The number of nitrogens with zero attached hydrogens (tertiary/aromatic N) is 1. The van der Waals surface area contributed by atoms with Crippen LogP contribution in [0.3, 0.4) is 0 Å². The van der Waals surface area contributed by atoms with E-state index in [1.54, 1.807) is 6.07 Å². The van der Waals surface area contributed by atoms with E-state index in [4.69, 9.17) is 23.2 Å². The topological polar surface area (TPSA) is 23.5 Å². The second-order valence-corrected chi connectivity index (χ2v) is 6.78. The van der Waals surface area contributed by atoms with Crippen molar-refractivity contribution < 1.29 is 5.11 Å². The average molecular weight is 316 g/mol. The summed E-state index contributed by atoms with van der Waals surface area (Å²) in [7, 11) is 4.13. The third-order valence-corrected chi connectivity index (χ3v) is 5.53. The lowest BCUT2D eigenvalue weighted by Gasteiger charge is -2.46. The highest BCUT2D eigenvalue weighted by molar-refractivity contribution is 6.42. The van der Waals surface area contributed by atoms with Crippen LogP contribution in [0.2, 0.25) is 10.0 Å². The van der Waals surface area contributed by atoms with E-state index in [0.29, 0.717) is 16.5 Å². The molecule has 1 aliphatic carbocycles. The Kier molecular flexibility index (Phi) is 5.36. The van der Waals surface area contributed by atoms with Crippen molar-refractivity contribution in [1.29, 1.82) is 0 Å². The molecule has 4 heteroatoms. The van der Waals surface area contributed by atoms with Crippen LogP contribution in [0.15, 0.2) is 18.2 Å². The lowest BCUT2D eigenvalue weighted by Crippen LogP contribution is -2.55. The molecular weight excluding hydrogens is 293 g/mol. The van der Waals surface area contributed by atoms with Crippen molar-refractivity contribution >= 4 is 23.2 Å². The molecule has 0 saturated heterocycles. The van der Waals surface area contributed by atoms with Gasteiger partial charge in [0.05, 0.1) is 16.1 Å². The summed E-state index contributed by atoms with van der Waals surface area (Å²) in [6.07, 6.45) is 5.84. The predicted molar refractivity (Wildman–Crippen MR) is 85.7 cm³/mol. The molecule has 1 aromatic rings. The molecule has 0 spiro atoms. The lowest BCUT2D eigenvalue weighted by atomic mass is 9.75. The Morgan fingerprint density at radius 1 is 1.20 bits per heavy atom. The van der Waals surface area contributed by atoms with Crippen LogP contribution in [-0.2, 0) is 6.42 Å². The number of likely N-dealkylation sites (N-methyl/N-ethyl adjacent to an activating group) is 1. The van der Waals surface area contributed by atoms with E-state index in [2.05, 4.69) is 19.0 Å². The maximum atomic E-state index is 10.8. The van der Waals surface area contributed by atoms with Crippen LogP contribution >= 0.6 is 23.2 Å². The van der Waals surface area contributed by atoms with Gasteiger partial charge in [0.15, 0.2) is 0 Å². The maximum absolute atomic E-state index is 10.8. The van der Waals surface area contributed by atoms with Gasteiger partial charge in [-0.3, -0.25) is 0 Å². The Labute approximate surface area is 131 Å². The van der Waals surface area contributed by atoms with Gasteiger partial charge >= 0.3 is 0 Å². The fourth-order valence-electron chi connectivity index (χ4n) is 3.35. The Morgan fingerprint density at radius 3 is 2.45 bits per heavy atom. The minimum Gasteiger partial charge on any atom is -0.391 e. The molecule has 112 valence electrons. The van der Waals surface area contributed by atoms with E-state index in [-0.39, 0.29) is 5.54 Å². The van der Waals surface area contributed by atoms with Gasteiger partial charge in [-0.05, 0) is 38.6 Å². The third kappa shape index (κ3) is 3.14. The third-order valence-electron chi connectivity index (χ3n) is 4.68. The first-order valence-electron chi connectivity index (χ1n) is 7.26. The first-order valence-corrected chi connectivity index (χ1v) is 8.01. The van der Waals surface area contributed by atoms with E-state index in [9.17, 15) is 5.11 Å². The second-order valence-electron chi connectivity index (χ2n) is 5.99. The summed E-state index contributed by atoms with van der Waals surface area (Å²) in [5, 5.41) is 11.9. The summed E-state index contributed by atoms with van der Waals surface area (Å²) >= 11 is 12.3. The Bertz CT molecular complexity index is 456. The number of hydrogen-bond acceptors (Lipinski definition) is 2. The fraction of sp³-hybridized carbons (Fsp3) is 0.625. The van der Waals surface area contributed by atoms with Gasteiger partial charge in [-0.15, -0.1) is 0 Å². The lowest BCUT2D eigenvalue weighted by molar-refractivity contribution is -0.0310. The smallest absolute Gasteiger partial charge is 0.0764 e. The molecule has 1 fully saturated rings. The molecule has 0 heterocycles. The van der Waals surface area contributed by atoms with E-state index < -0.39 is 6.10 Å². The number of hydrogen-bond donors (Lipinski definition) is 1. The number of aliphatic hydroxyl groups excluding tert-OH is 1. The highest BCUT2D eigenvalue weighted by Crippen LogP contribution is 2.37. The van der Waals surface area contributed by atoms with Crippen LogP contribution in [0.4, 0.5) is 0 Å². The van der Waals surface area contributed by atoms with Crippen LogP contribution in [0.1, 0.15) is 37.7 Å². The van der Waals surface area contributed by atoms with E-state index >= 15 is 0 Å². The van der Waals surface area contributed by atoms with Crippen LogP contribution in [0.5, 0.6) is 0 Å². The molecule has 2 rings (SSSR count). The van der Waals surface area contributed by atoms with Crippen molar-refractivity contribution in [1.82, 2.24) is 4.90 Å². The summed E-state index contributed by atoms with van der Waals surface area (Å²) in [6, 6.07) is 5.62. The van der Waals surface area contributed by atoms with Crippen molar-refractivity contribution in [3.63, 3.8) is 0 Å². The molecule has 0 aromatic heterocycles. The van der Waals surface area contributed by atoms with Gasteiger partial charge in [-0.25, -0.2) is 0 Å². The summed E-state index contributed by atoms with van der Waals surface area (Å²) in [5.41, 5.74) is 0.794. The zero-order valence-electron chi connectivity index (χ0n) is 12.2. The number of halogens is 2. The van der Waals surface area contributed by atoms with Crippen molar-refractivity contribution in [3.05, 3.63) is 33.8 Å². The molecule has 1 atom stereocenters. The molecule has 0 amide bonds. The van der Waals surface area contributed by atoms with Gasteiger partial charge in [-0.1, -0.05) is 54.6 Å². The fourth-order valence-corrected chi connectivity index (χ4v) is 3.74. The summed E-state index contributed by atoms with van der Waals surface area (Å²) in [6.45, 7) is 0. The van der Waals surface area contributed by atoms with Gasteiger partial charge in [-0.2, -0.15) is 0 Å². The van der Waals surface area contributed by atoms with Gasteiger partial charge in [0, 0.05) is 12.0 Å². The van der Waals surface area contributed by atoms with Crippen LogP contribution < -0.4 is 0 Å². The van der Waals surface area contributed by atoms with Gasteiger partial charge in [0.25, 0.3) is 0 Å². The molecule has 2 nitrogen and oxygen atoms in total. The largest absolute Gasteiger partial charge is 0.391 e. The predicted octanol–water partition coefficient (Wildman–Crippen LogP) is 4.16. The Morgan fingerprint density at radius 2 is 1.85 bits per heavy atom. The van der Waals surface area contributed by atoms with Crippen molar-refractivity contribution in [2.24, 2.45) is 0 Å². The Balaban J connectivity index is 2.20. The summed E-state index contributed by atoms with van der Waals surface area (Å²) < 4.78 is 0. The van der Waals surface area contributed by atoms with E-state index in [1.807, 2.05) is 12.1 Å². The zero-order valence-corrected chi connectivity index (χ0v) is 13.7. The number of benzene rings is 1. The normalized spacial score (nSPS) is 20.1. The van der Waals surface area contributed by atoms with E-state index in [0.717, 1.165) is 18.4 Å². The van der Waals surface area contributed by atoms with Gasteiger partial charge < -0.3 is 10.0 Å². The molecular formula is C16H23Cl2NO. The van der Waals surface area contributed by atoms with Gasteiger partial charge in [0.2, 0.25) is 0 Å². The standard InChI is InChI=1S/C16H23Cl2NO/c1-19(2)16(9-4-3-5-10-16)14(20)11-12-7-6-8-13(17)15(12)18/h6-8,14,20H,3-5,9-11H2,1-2H3. The molecule has 0 radical (unpaired) electrons. The molecule has 1 unspecified atom stereocenters. The summed E-state index contributed by atoms with van der Waals surface area (Å²) in [4.78, 5) is 2.19. The van der Waals surface area contributed by atoms with Crippen LogP contribution in [0.25, 0.3) is 0 Å². The molecule has 1 N–H and O–H groups in total. The molecule has 1 saturated carbocycles. The Hall–Kier alpha value is -0.280. The highest BCUT2D eigenvalue weighted by Gasteiger charge is 2.41. The first kappa shape index (κ1) is 16.1. The van der Waals surface area contributed by atoms with Gasteiger partial charge in [0.1, 0.15) is 0 Å². The molecule has 0 bridgehead atoms. The quantitative estimate of drug-likeness (QED) is 0.901. The highest BCUT2D eigenvalue weighted by atomic mass is 35.5. The second kappa shape index (κ2) is 6.65. The minimum atomic E-state index is -0.422. The first-order chi connectivity index (χ1) is 9.47. The van der Waals surface area contributed by atoms with Crippen LogP contribution in [-0.4, -0.2) is 35.7 Å². The molecule has 1 aliphatic rings. The monoisotopic (exact) mass is 315 g/mol. The van der Waals surface area contributed by atoms with Crippen molar-refractivity contribution in [3.8, 4) is 0 Å². The molecule has 1 aromatic carbocycles. The zero-order chi connectivity index (χ0) is 14.8. The summed E-state index contributed by atoms with van der Waals surface area (Å²) in [5.74, 6) is 0. The molecule has 20 heavy (non-hydrogen) atoms. The van der Waals surface area contributed by atoms with E-state index in [1.165, 1.54) is 19.3 Å². The maximum Gasteiger partial charge on any atom is 0.0764 e. The number of rotatable bonds is 4. The average Bonchev–Trinajstić information content (AvgIpc) is 2.44. The SMILES string of the molecule is CN(C)C1(C(O)Cc2cccc(Cl)c2Cl)CCCCC1. The van der Waals surface area contributed by atoms with Crippen molar-refractivity contribution in [2.75, 3.05) is 14.1 Å². The van der Waals surface area contributed by atoms with Crippen molar-refractivity contribution in [2.45, 2.75) is 50.2 Å². The molecule has 0 aliphatic heterocycles. The number of aliphatic hydroxyl groups is 1. The van der Waals surface area contributed by atoms with Crippen LogP contribution in [0, 0.1) is 0 Å². The minimum absolute atomic E-state index is 0.135.